The first-order valence-electron chi connectivity index (χ1n) is 4.85. The van der Waals surface area contributed by atoms with E-state index in [9.17, 15) is 9.18 Å². The third kappa shape index (κ3) is 2.89. The van der Waals surface area contributed by atoms with E-state index in [1.165, 1.54) is 11.3 Å². The Morgan fingerprint density at radius 1 is 1.60 bits per heavy atom. The highest BCUT2D eigenvalue weighted by Crippen LogP contribution is 2.21. The van der Waals surface area contributed by atoms with Crippen LogP contribution in [0.1, 0.15) is 19.3 Å². The minimum Gasteiger partial charge on any atom is -0.335 e. The van der Waals surface area contributed by atoms with E-state index in [1.807, 2.05) is 0 Å². The maximum atomic E-state index is 12.8. The second-order valence-corrected chi connectivity index (χ2v) is 4.44. The normalized spacial score (nSPS) is 25.1. The third-order valence-corrected chi connectivity index (χ3v) is 3.05. The summed E-state index contributed by atoms with van der Waals surface area (Å²) in [6.45, 7) is 0. The zero-order valence-corrected chi connectivity index (χ0v) is 8.89. The maximum Gasteiger partial charge on any atom is 0.321 e. The Morgan fingerprint density at radius 2 is 2.47 bits per heavy atom. The van der Waals surface area contributed by atoms with E-state index in [0.717, 1.165) is 0 Å². The molecule has 1 saturated carbocycles. The highest BCUT2D eigenvalue weighted by Gasteiger charge is 2.25. The molecule has 0 radical (unpaired) electrons. The van der Waals surface area contributed by atoms with Gasteiger partial charge in [0.25, 0.3) is 0 Å². The molecule has 2 amide bonds. The van der Waals surface area contributed by atoms with Gasteiger partial charge >= 0.3 is 6.03 Å². The van der Waals surface area contributed by atoms with Gasteiger partial charge in [-0.15, -0.1) is 11.3 Å². The standard InChI is InChI=1S/C9H12FN3OS/c10-6-1-2-7(5-6)12-8(14)13-9-11-3-4-15-9/h3-4,6-7H,1-2,5H2,(H2,11,12,13,14)/t6-,7-/m0/s1. The van der Waals surface area contributed by atoms with Gasteiger partial charge in [-0.1, -0.05) is 0 Å². The number of hydrogen-bond acceptors (Lipinski definition) is 3. The zero-order chi connectivity index (χ0) is 10.7. The molecule has 2 atom stereocenters. The van der Waals surface area contributed by atoms with E-state index in [-0.39, 0.29) is 12.1 Å². The summed E-state index contributed by atoms with van der Waals surface area (Å²) < 4.78 is 12.8. The van der Waals surface area contributed by atoms with Gasteiger partial charge in [0.05, 0.1) is 0 Å². The van der Waals surface area contributed by atoms with Crippen molar-refractivity contribution < 1.29 is 9.18 Å². The predicted molar refractivity (Wildman–Crippen MR) is 56.8 cm³/mol. The molecule has 1 aromatic rings. The van der Waals surface area contributed by atoms with Gasteiger partial charge in [-0.25, -0.2) is 14.2 Å². The van der Waals surface area contributed by atoms with Gasteiger partial charge in [-0.2, -0.15) is 0 Å². The van der Waals surface area contributed by atoms with E-state index in [2.05, 4.69) is 15.6 Å². The van der Waals surface area contributed by atoms with E-state index < -0.39 is 6.17 Å². The summed E-state index contributed by atoms with van der Waals surface area (Å²) in [4.78, 5) is 15.3. The van der Waals surface area contributed by atoms with E-state index >= 15 is 0 Å². The molecule has 0 saturated heterocycles. The number of thiazole rings is 1. The molecule has 1 aliphatic rings. The van der Waals surface area contributed by atoms with Crippen LogP contribution in [0.5, 0.6) is 0 Å². The number of hydrogen-bond donors (Lipinski definition) is 2. The van der Waals surface area contributed by atoms with Gasteiger partial charge in [0.2, 0.25) is 0 Å². The lowest BCUT2D eigenvalue weighted by Gasteiger charge is -2.11. The van der Waals surface area contributed by atoms with Gasteiger partial charge in [0, 0.05) is 17.6 Å². The van der Waals surface area contributed by atoms with Crippen molar-refractivity contribution in [3.8, 4) is 0 Å². The Bertz CT molecular complexity index is 330. The molecule has 0 aliphatic heterocycles. The molecule has 1 aliphatic carbocycles. The molecule has 0 bridgehead atoms. The number of anilines is 1. The van der Waals surface area contributed by atoms with Crippen LogP contribution in [0.3, 0.4) is 0 Å². The van der Waals surface area contributed by atoms with Crippen molar-refractivity contribution in [3.63, 3.8) is 0 Å². The SMILES string of the molecule is O=C(Nc1nccs1)N[C@H]1CC[C@H](F)C1. The van der Waals surface area contributed by atoms with Crippen molar-refractivity contribution in [1.82, 2.24) is 10.3 Å². The molecule has 2 rings (SSSR count). The van der Waals surface area contributed by atoms with Crippen molar-refractivity contribution in [2.24, 2.45) is 0 Å². The van der Waals surface area contributed by atoms with Crippen LogP contribution in [0.15, 0.2) is 11.6 Å². The first-order chi connectivity index (χ1) is 7.24. The Balaban J connectivity index is 1.78. The van der Waals surface area contributed by atoms with Gasteiger partial charge in [0.15, 0.2) is 5.13 Å². The van der Waals surface area contributed by atoms with Crippen LogP contribution in [0, 0.1) is 0 Å². The predicted octanol–water partition coefficient (Wildman–Crippen LogP) is 2.16. The molecule has 15 heavy (non-hydrogen) atoms. The van der Waals surface area contributed by atoms with Crippen LogP contribution in [-0.2, 0) is 0 Å². The molecule has 1 aromatic heterocycles. The van der Waals surface area contributed by atoms with Gasteiger partial charge in [-0.05, 0) is 19.3 Å². The summed E-state index contributed by atoms with van der Waals surface area (Å²) in [5, 5.41) is 7.66. The lowest BCUT2D eigenvalue weighted by molar-refractivity contribution is 0.247. The maximum absolute atomic E-state index is 12.8. The summed E-state index contributed by atoms with van der Waals surface area (Å²) in [5.41, 5.74) is 0. The van der Waals surface area contributed by atoms with E-state index in [1.54, 1.807) is 11.6 Å². The molecule has 2 N–H and O–H groups in total. The molecular weight excluding hydrogens is 217 g/mol. The van der Waals surface area contributed by atoms with Crippen LogP contribution < -0.4 is 10.6 Å². The van der Waals surface area contributed by atoms with Gasteiger partial charge < -0.3 is 5.32 Å². The topological polar surface area (TPSA) is 54.0 Å². The number of amides is 2. The number of nitrogens with zero attached hydrogens (tertiary/aromatic N) is 1. The number of urea groups is 1. The fourth-order valence-electron chi connectivity index (χ4n) is 1.66. The number of carbonyl (C=O) groups excluding carboxylic acids is 1. The fraction of sp³-hybridized carbons (Fsp3) is 0.556. The Labute approximate surface area is 90.9 Å². The van der Waals surface area contributed by atoms with Crippen molar-refractivity contribution in [2.45, 2.75) is 31.5 Å². The van der Waals surface area contributed by atoms with Gasteiger partial charge in [-0.3, -0.25) is 5.32 Å². The smallest absolute Gasteiger partial charge is 0.321 e. The quantitative estimate of drug-likeness (QED) is 0.816. The van der Waals surface area contributed by atoms with E-state index in [0.29, 0.717) is 24.4 Å². The number of nitrogens with one attached hydrogen (secondary N) is 2. The summed E-state index contributed by atoms with van der Waals surface area (Å²) in [5.74, 6) is 0. The summed E-state index contributed by atoms with van der Waals surface area (Å²) in [6, 6.07) is -0.344. The number of carbonyl (C=O) groups is 1. The van der Waals surface area contributed by atoms with Gasteiger partial charge in [0.1, 0.15) is 6.17 Å². The summed E-state index contributed by atoms with van der Waals surface area (Å²) >= 11 is 1.35. The van der Waals surface area contributed by atoms with E-state index in [4.69, 9.17) is 0 Å². The fourth-order valence-corrected chi connectivity index (χ4v) is 2.19. The number of halogens is 1. The average molecular weight is 229 g/mol. The highest BCUT2D eigenvalue weighted by atomic mass is 32.1. The molecule has 0 spiro atoms. The first kappa shape index (κ1) is 10.4. The average Bonchev–Trinajstić information content (AvgIpc) is 2.77. The van der Waals surface area contributed by atoms with Crippen LogP contribution in [0.2, 0.25) is 0 Å². The Morgan fingerprint density at radius 3 is 3.07 bits per heavy atom. The largest absolute Gasteiger partial charge is 0.335 e. The number of rotatable bonds is 2. The zero-order valence-electron chi connectivity index (χ0n) is 8.07. The monoisotopic (exact) mass is 229 g/mol. The second-order valence-electron chi connectivity index (χ2n) is 3.54. The summed E-state index contributed by atoms with van der Waals surface area (Å²) in [6.07, 6.45) is 2.53. The molecule has 0 unspecified atom stereocenters. The molecular formula is C9H12FN3OS. The van der Waals surface area contributed by atoms with Crippen molar-refractivity contribution in [2.75, 3.05) is 5.32 Å². The van der Waals surface area contributed by atoms with Crippen LogP contribution in [0.25, 0.3) is 0 Å². The van der Waals surface area contributed by atoms with Crippen molar-refractivity contribution >= 4 is 22.5 Å². The second kappa shape index (κ2) is 4.57. The third-order valence-electron chi connectivity index (χ3n) is 2.36. The molecule has 1 heterocycles. The van der Waals surface area contributed by atoms with Crippen molar-refractivity contribution in [3.05, 3.63) is 11.6 Å². The minimum atomic E-state index is -0.768. The molecule has 1 fully saturated rings. The minimum absolute atomic E-state index is 0.0417. The molecule has 4 nitrogen and oxygen atoms in total. The summed E-state index contributed by atoms with van der Waals surface area (Å²) in [7, 11) is 0. The van der Waals surface area contributed by atoms with Crippen LogP contribution in [-0.4, -0.2) is 23.2 Å². The lowest BCUT2D eigenvalue weighted by Crippen LogP contribution is -2.36. The number of alkyl halides is 1. The Kier molecular flexibility index (Phi) is 3.15. The Hall–Kier alpha value is -1.17. The van der Waals surface area contributed by atoms with Crippen molar-refractivity contribution in [1.29, 1.82) is 0 Å². The van der Waals surface area contributed by atoms with Crippen LogP contribution in [0.4, 0.5) is 14.3 Å². The molecule has 0 aromatic carbocycles. The molecule has 82 valence electrons. The first-order valence-corrected chi connectivity index (χ1v) is 5.73. The number of aromatic nitrogens is 1. The lowest BCUT2D eigenvalue weighted by atomic mass is 10.2. The highest BCUT2D eigenvalue weighted by molar-refractivity contribution is 7.13. The van der Waals surface area contributed by atoms with Crippen LogP contribution >= 0.6 is 11.3 Å². The molecule has 6 heteroatoms.